The molecular formula is C20H20ClFN4O3. The summed E-state index contributed by atoms with van der Waals surface area (Å²) in [5, 5.41) is 8.26. The van der Waals surface area contributed by atoms with Crippen LogP contribution in [0.15, 0.2) is 36.4 Å². The van der Waals surface area contributed by atoms with Gasteiger partial charge in [0.1, 0.15) is 5.82 Å². The minimum Gasteiger partial charge on any atom is -0.329 e. The highest BCUT2D eigenvalue weighted by Gasteiger charge is 2.28. The quantitative estimate of drug-likeness (QED) is 0.664. The summed E-state index contributed by atoms with van der Waals surface area (Å²) >= 11 is 0. The van der Waals surface area contributed by atoms with E-state index < -0.39 is 17.8 Å². The van der Waals surface area contributed by atoms with Crippen LogP contribution in [0, 0.1) is 5.82 Å². The van der Waals surface area contributed by atoms with Crippen LogP contribution in [0.5, 0.6) is 0 Å². The number of carbonyl (C=O) groups is 3. The molecule has 2 aliphatic rings. The van der Waals surface area contributed by atoms with Gasteiger partial charge in [-0.15, -0.1) is 12.4 Å². The third-order valence-corrected chi connectivity index (χ3v) is 4.92. The van der Waals surface area contributed by atoms with Crippen LogP contribution in [0.2, 0.25) is 0 Å². The van der Waals surface area contributed by atoms with Gasteiger partial charge in [-0.05, 0) is 47.9 Å². The average molecular weight is 419 g/mol. The van der Waals surface area contributed by atoms with Crippen LogP contribution in [0.1, 0.15) is 27.0 Å². The van der Waals surface area contributed by atoms with Crippen LogP contribution >= 0.6 is 12.4 Å². The van der Waals surface area contributed by atoms with E-state index in [2.05, 4.69) is 16.0 Å². The molecule has 2 aliphatic heterocycles. The second-order valence-corrected chi connectivity index (χ2v) is 6.78. The molecule has 9 heteroatoms. The van der Waals surface area contributed by atoms with Gasteiger partial charge in [0.15, 0.2) is 0 Å². The Kier molecular flexibility index (Phi) is 6.14. The Morgan fingerprint density at radius 1 is 1.17 bits per heavy atom. The van der Waals surface area contributed by atoms with E-state index in [9.17, 15) is 18.8 Å². The second kappa shape index (κ2) is 8.59. The zero-order chi connectivity index (χ0) is 19.7. The lowest BCUT2D eigenvalue weighted by Crippen LogP contribution is -2.30. The summed E-state index contributed by atoms with van der Waals surface area (Å²) in [6.07, 6.45) is 0.576. The summed E-state index contributed by atoms with van der Waals surface area (Å²) in [4.78, 5) is 37.1. The third kappa shape index (κ3) is 4.23. The zero-order valence-electron chi connectivity index (χ0n) is 15.5. The molecule has 1 fully saturated rings. The molecule has 0 bridgehead atoms. The Morgan fingerprint density at radius 2 is 2.00 bits per heavy atom. The van der Waals surface area contributed by atoms with Crippen LogP contribution in [0.4, 0.5) is 14.9 Å². The molecular weight excluding hydrogens is 399 g/mol. The number of amides is 4. The smallest absolute Gasteiger partial charge is 0.324 e. The lowest BCUT2D eigenvalue weighted by molar-refractivity contribution is -0.125. The molecule has 0 unspecified atom stereocenters. The Hall–Kier alpha value is -2.97. The molecule has 4 rings (SSSR count). The maximum Gasteiger partial charge on any atom is 0.324 e. The van der Waals surface area contributed by atoms with E-state index in [1.807, 2.05) is 6.07 Å². The van der Waals surface area contributed by atoms with Crippen molar-refractivity contribution in [2.24, 2.45) is 0 Å². The van der Waals surface area contributed by atoms with Crippen molar-refractivity contribution in [1.82, 2.24) is 15.5 Å². The van der Waals surface area contributed by atoms with Crippen molar-refractivity contribution in [1.29, 1.82) is 0 Å². The second-order valence-electron chi connectivity index (χ2n) is 6.78. The van der Waals surface area contributed by atoms with Crippen LogP contribution in [0.3, 0.4) is 0 Å². The van der Waals surface area contributed by atoms with Crippen molar-refractivity contribution in [3.8, 4) is 0 Å². The van der Waals surface area contributed by atoms with Gasteiger partial charge in [-0.2, -0.15) is 0 Å². The van der Waals surface area contributed by atoms with Crippen molar-refractivity contribution >= 4 is 35.9 Å². The van der Waals surface area contributed by atoms with E-state index in [-0.39, 0.29) is 37.1 Å². The number of fused-ring (bicyclic) bond motifs is 1. The van der Waals surface area contributed by atoms with Gasteiger partial charge in [0, 0.05) is 12.1 Å². The zero-order valence-corrected chi connectivity index (χ0v) is 16.3. The molecule has 4 amide bonds. The highest BCUT2D eigenvalue weighted by molar-refractivity contribution is 6.04. The number of nitrogens with one attached hydrogen (secondary N) is 3. The van der Waals surface area contributed by atoms with Gasteiger partial charge in [-0.3, -0.25) is 14.5 Å². The fourth-order valence-corrected chi connectivity index (χ4v) is 3.43. The molecule has 2 aromatic rings. The van der Waals surface area contributed by atoms with Gasteiger partial charge in [-0.25, -0.2) is 9.18 Å². The summed E-state index contributed by atoms with van der Waals surface area (Å²) in [7, 11) is 0. The number of benzene rings is 2. The fourth-order valence-electron chi connectivity index (χ4n) is 3.43. The van der Waals surface area contributed by atoms with Gasteiger partial charge in [0.2, 0.25) is 5.91 Å². The molecule has 0 aliphatic carbocycles. The van der Waals surface area contributed by atoms with Crippen LogP contribution in [0.25, 0.3) is 0 Å². The van der Waals surface area contributed by atoms with Crippen LogP contribution in [-0.4, -0.2) is 35.8 Å². The van der Waals surface area contributed by atoms with Crippen molar-refractivity contribution in [2.75, 3.05) is 18.4 Å². The van der Waals surface area contributed by atoms with Crippen LogP contribution in [-0.2, 0) is 24.3 Å². The summed E-state index contributed by atoms with van der Waals surface area (Å²) in [5.74, 6) is -1.17. The normalized spacial score (nSPS) is 15.4. The summed E-state index contributed by atoms with van der Waals surface area (Å²) in [5.41, 5.74) is 2.63. The first-order valence-electron chi connectivity index (χ1n) is 9.02. The average Bonchev–Trinajstić information content (AvgIpc) is 3.02. The third-order valence-electron chi connectivity index (χ3n) is 4.92. The largest absolute Gasteiger partial charge is 0.329 e. The topological polar surface area (TPSA) is 90.5 Å². The number of carbonyl (C=O) groups excluding carboxylic acids is 3. The van der Waals surface area contributed by atoms with Crippen LogP contribution < -0.4 is 16.0 Å². The number of nitrogens with zero attached hydrogens (tertiary/aromatic N) is 1. The molecule has 0 spiro atoms. The number of rotatable bonds is 4. The van der Waals surface area contributed by atoms with E-state index in [4.69, 9.17) is 0 Å². The van der Waals surface area contributed by atoms with Crippen molar-refractivity contribution in [3.05, 3.63) is 64.5 Å². The molecule has 3 N–H and O–H groups in total. The Labute approximate surface area is 173 Å². The van der Waals surface area contributed by atoms with Crippen molar-refractivity contribution in [2.45, 2.75) is 19.5 Å². The van der Waals surface area contributed by atoms with Crippen molar-refractivity contribution in [3.63, 3.8) is 0 Å². The van der Waals surface area contributed by atoms with E-state index >= 15 is 0 Å². The maximum absolute atomic E-state index is 14.7. The molecule has 29 heavy (non-hydrogen) atoms. The van der Waals surface area contributed by atoms with Gasteiger partial charge >= 0.3 is 6.03 Å². The highest BCUT2D eigenvalue weighted by atomic mass is 35.5. The fraction of sp³-hybridized carbons (Fsp3) is 0.250. The minimum absolute atomic E-state index is 0. The molecule has 0 aromatic heterocycles. The monoisotopic (exact) mass is 418 g/mol. The molecule has 0 saturated carbocycles. The summed E-state index contributed by atoms with van der Waals surface area (Å²) in [6, 6.07) is 9.51. The number of urea groups is 1. The number of hydrogen-bond donors (Lipinski definition) is 3. The SMILES string of the molecule is Cl.O=C(Nc1ccc2c(c1F)CCNC2)c1cccc(CN2C(=O)CNC2=O)c1. The molecule has 152 valence electrons. The number of anilines is 1. The minimum atomic E-state index is -0.453. The predicted octanol–water partition coefficient (Wildman–Crippen LogP) is 2.20. The standard InChI is InChI=1S/C20H19FN4O3.ClH/c21-18-15-6-7-22-9-14(15)4-5-16(18)24-19(27)13-3-1-2-12(8-13)11-25-17(26)10-23-20(25)28;/h1-5,8,22H,6-7,9-11H2,(H,23,28)(H,24,27);1H. The van der Waals surface area contributed by atoms with E-state index in [0.717, 1.165) is 10.5 Å². The molecule has 0 atom stereocenters. The van der Waals surface area contributed by atoms with Crippen molar-refractivity contribution < 1.29 is 18.8 Å². The lowest BCUT2D eigenvalue weighted by atomic mass is 9.99. The number of halogens is 2. The first-order valence-corrected chi connectivity index (χ1v) is 9.02. The lowest BCUT2D eigenvalue weighted by Gasteiger charge is -2.19. The van der Waals surface area contributed by atoms with Gasteiger partial charge in [0.25, 0.3) is 5.91 Å². The Balaban J connectivity index is 0.00000240. The maximum atomic E-state index is 14.7. The molecule has 7 nitrogen and oxygen atoms in total. The molecule has 2 heterocycles. The van der Waals surface area contributed by atoms with Gasteiger partial charge in [0.05, 0.1) is 18.8 Å². The number of hydrogen-bond acceptors (Lipinski definition) is 4. The predicted molar refractivity (Wildman–Crippen MR) is 107 cm³/mol. The van der Waals surface area contributed by atoms with Gasteiger partial charge in [-0.1, -0.05) is 18.2 Å². The van der Waals surface area contributed by atoms with E-state index in [1.165, 1.54) is 0 Å². The highest BCUT2D eigenvalue weighted by Crippen LogP contribution is 2.25. The number of imide groups is 1. The van der Waals surface area contributed by atoms with E-state index in [0.29, 0.717) is 36.2 Å². The summed E-state index contributed by atoms with van der Waals surface area (Å²) in [6.45, 7) is 1.37. The first kappa shape index (κ1) is 20.8. The Morgan fingerprint density at radius 3 is 2.76 bits per heavy atom. The first-order chi connectivity index (χ1) is 13.5. The van der Waals surface area contributed by atoms with E-state index in [1.54, 1.807) is 30.3 Å². The molecule has 2 aromatic carbocycles. The Bertz CT molecular complexity index is 966. The van der Waals surface area contributed by atoms with Gasteiger partial charge < -0.3 is 16.0 Å². The molecule has 1 saturated heterocycles. The molecule has 0 radical (unpaired) electrons. The summed E-state index contributed by atoms with van der Waals surface area (Å²) < 4.78 is 14.7.